The number of aromatic amines is 3. The zero-order valence-electron chi connectivity index (χ0n) is 23.4. The molecule has 42 heavy (non-hydrogen) atoms. The van der Waals surface area contributed by atoms with Crippen molar-refractivity contribution in [1.82, 2.24) is 25.0 Å². The van der Waals surface area contributed by atoms with E-state index in [1.54, 1.807) is 25.1 Å². The van der Waals surface area contributed by atoms with Crippen molar-refractivity contribution >= 4 is 28.5 Å². The third-order valence-corrected chi connectivity index (χ3v) is 7.11. The summed E-state index contributed by atoms with van der Waals surface area (Å²) < 4.78 is 19.5. The number of H-pyrrole nitrogens is 3. The summed E-state index contributed by atoms with van der Waals surface area (Å²) in [5.41, 5.74) is 4.12. The third-order valence-electron chi connectivity index (χ3n) is 7.11. The number of para-hydroxylation sites is 1. The number of aromatic nitrogens is 4. The van der Waals surface area contributed by atoms with Crippen molar-refractivity contribution < 1.29 is 18.5 Å². The first-order chi connectivity index (χ1) is 20.0. The Labute approximate surface area is 238 Å². The second kappa shape index (κ2) is 11.3. The lowest BCUT2D eigenvalue weighted by atomic mass is 9.99. The van der Waals surface area contributed by atoms with Gasteiger partial charge in [0.15, 0.2) is 5.82 Å². The number of aryl methyl sites for hydroxylation is 4. The van der Waals surface area contributed by atoms with E-state index in [0.717, 1.165) is 16.7 Å². The summed E-state index contributed by atoms with van der Waals surface area (Å²) >= 11 is 0. The number of amides is 2. The van der Waals surface area contributed by atoms with Gasteiger partial charge in [0.25, 0.3) is 11.8 Å². The number of carbonyl (C=O) groups is 2. The molecule has 3 aromatic carbocycles. The SMILES string of the molecule is Cc1cc(C)c(NC(=O)C(c2ccc(C)c(F)c2)N(CCc2noc(=O)[nH]2)C(=O)c2cccc3[nH]c(=O)[nH]c23)c(C)c1. The second-order valence-electron chi connectivity index (χ2n) is 10.3. The fourth-order valence-electron chi connectivity index (χ4n) is 5.15. The molecule has 2 heterocycles. The fraction of sp³-hybridized carbons (Fsp3) is 0.233. The standard InChI is InChI=1S/C30H29FN6O5/c1-15-12-17(3)24(18(4)13-15)34-27(38)26(19-9-8-16(2)21(31)14-19)37(11-10-23-33-30(41)42-36-23)28(39)20-6-5-7-22-25(20)35-29(40)32-22/h5-9,12-14,26H,10-11H2,1-4H3,(H,34,38)(H2,32,35,40)(H,33,36,41). The zero-order chi connectivity index (χ0) is 30.1. The summed E-state index contributed by atoms with van der Waals surface area (Å²) in [6.45, 7) is 7.15. The average molecular weight is 573 g/mol. The van der Waals surface area contributed by atoms with Crippen LogP contribution in [0.5, 0.6) is 0 Å². The number of nitrogens with zero attached hydrogens (tertiary/aromatic N) is 2. The number of halogens is 1. The number of imidazole rings is 1. The van der Waals surface area contributed by atoms with E-state index >= 15 is 0 Å². The normalized spacial score (nSPS) is 11.9. The molecule has 0 bridgehead atoms. The van der Waals surface area contributed by atoms with Crippen LogP contribution in [0.3, 0.4) is 0 Å². The van der Waals surface area contributed by atoms with Crippen molar-refractivity contribution in [3.63, 3.8) is 0 Å². The van der Waals surface area contributed by atoms with Crippen molar-refractivity contribution in [2.75, 3.05) is 11.9 Å². The van der Waals surface area contributed by atoms with E-state index in [1.807, 2.05) is 32.9 Å². The van der Waals surface area contributed by atoms with Gasteiger partial charge in [-0.15, -0.1) is 0 Å². The van der Waals surface area contributed by atoms with Crippen LogP contribution in [-0.4, -0.2) is 43.4 Å². The minimum absolute atomic E-state index is 0.0117. The van der Waals surface area contributed by atoms with Gasteiger partial charge in [-0.3, -0.25) is 19.1 Å². The van der Waals surface area contributed by atoms with Gasteiger partial charge >= 0.3 is 11.4 Å². The van der Waals surface area contributed by atoms with Gasteiger partial charge in [0.1, 0.15) is 11.9 Å². The molecule has 0 spiro atoms. The van der Waals surface area contributed by atoms with E-state index in [9.17, 15) is 23.6 Å². The molecule has 0 aliphatic heterocycles. The first-order valence-electron chi connectivity index (χ1n) is 13.2. The molecule has 0 saturated heterocycles. The lowest BCUT2D eigenvalue weighted by Crippen LogP contribution is -2.43. The average Bonchev–Trinajstić information content (AvgIpc) is 3.53. The number of fused-ring (bicyclic) bond motifs is 1. The minimum atomic E-state index is -1.31. The Morgan fingerprint density at radius 1 is 0.976 bits per heavy atom. The predicted molar refractivity (Wildman–Crippen MR) is 154 cm³/mol. The van der Waals surface area contributed by atoms with Crippen molar-refractivity contribution in [2.45, 2.75) is 40.2 Å². The lowest BCUT2D eigenvalue weighted by molar-refractivity contribution is -0.120. The number of hydrogen-bond acceptors (Lipinski definition) is 6. The maximum absolute atomic E-state index is 14.9. The summed E-state index contributed by atoms with van der Waals surface area (Å²) in [6.07, 6.45) is 0.0117. The van der Waals surface area contributed by atoms with E-state index in [1.165, 1.54) is 23.1 Å². The van der Waals surface area contributed by atoms with E-state index < -0.39 is 35.1 Å². The number of hydrogen-bond donors (Lipinski definition) is 4. The predicted octanol–water partition coefficient (Wildman–Crippen LogP) is 3.97. The maximum Gasteiger partial charge on any atom is 0.438 e. The Hall–Kier alpha value is -5.26. The van der Waals surface area contributed by atoms with Crippen molar-refractivity contribution in [3.8, 4) is 0 Å². The zero-order valence-corrected chi connectivity index (χ0v) is 23.4. The molecule has 11 nitrogen and oxygen atoms in total. The smallest absolute Gasteiger partial charge is 0.323 e. The second-order valence-corrected chi connectivity index (χ2v) is 10.3. The first-order valence-corrected chi connectivity index (χ1v) is 13.2. The van der Waals surface area contributed by atoms with E-state index in [4.69, 9.17) is 0 Å². The summed E-state index contributed by atoms with van der Waals surface area (Å²) in [4.78, 5) is 61.1. The van der Waals surface area contributed by atoms with Crippen LogP contribution in [0.2, 0.25) is 0 Å². The molecular formula is C30H29FN6O5. The Balaban J connectivity index is 1.65. The molecule has 216 valence electrons. The van der Waals surface area contributed by atoms with Crippen molar-refractivity contribution in [1.29, 1.82) is 0 Å². The molecule has 0 aliphatic rings. The highest BCUT2D eigenvalue weighted by Crippen LogP contribution is 2.30. The number of nitrogens with one attached hydrogen (secondary N) is 4. The van der Waals surface area contributed by atoms with Crippen molar-refractivity contribution in [2.24, 2.45) is 0 Å². The summed E-state index contributed by atoms with van der Waals surface area (Å²) in [5, 5.41) is 6.64. The summed E-state index contributed by atoms with van der Waals surface area (Å²) in [5.74, 6) is -2.34. The Kier molecular flexibility index (Phi) is 7.62. The molecule has 1 unspecified atom stereocenters. The van der Waals surface area contributed by atoms with Gasteiger partial charge in [-0.05, 0) is 68.1 Å². The Morgan fingerprint density at radius 3 is 2.38 bits per heavy atom. The highest BCUT2D eigenvalue weighted by atomic mass is 19.1. The molecule has 4 N–H and O–H groups in total. The van der Waals surface area contributed by atoms with E-state index in [2.05, 4.69) is 29.9 Å². The van der Waals surface area contributed by atoms with Crippen LogP contribution >= 0.6 is 0 Å². The van der Waals surface area contributed by atoms with E-state index in [-0.39, 0.29) is 35.4 Å². The van der Waals surface area contributed by atoms with Gasteiger partial charge in [0.05, 0.1) is 16.6 Å². The third kappa shape index (κ3) is 5.64. The van der Waals surface area contributed by atoms with Crippen LogP contribution in [0.25, 0.3) is 11.0 Å². The van der Waals surface area contributed by atoms with Gasteiger partial charge in [-0.25, -0.2) is 14.0 Å². The molecule has 2 aromatic heterocycles. The van der Waals surface area contributed by atoms with Gasteiger partial charge in [-0.1, -0.05) is 41.1 Å². The summed E-state index contributed by atoms with van der Waals surface area (Å²) in [6, 6.07) is 11.7. The molecule has 2 amide bonds. The molecule has 0 aliphatic carbocycles. The molecule has 0 radical (unpaired) electrons. The fourth-order valence-corrected chi connectivity index (χ4v) is 5.15. The summed E-state index contributed by atoms with van der Waals surface area (Å²) in [7, 11) is 0. The van der Waals surface area contributed by atoms with Crippen LogP contribution in [-0.2, 0) is 11.2 Å². The van der Waals surface area contributed by atoms with Crippen LogP contribution < -0.4 is 16.8 Å². The Bertz CT molecular complexity index is 1910. The molecule has 1 atom stereocenters. The number of carbonyl (C=O) groups excluding carboxylic acids is 2. The molecule has 0 saturated carbocycles. The largest absolute Gasteiger partial charge is 0.438 e. The first kappa shape index (κ1) is 28.3. The van der Waals surface area contributed by atoms with Gasteiger partial charge < -0.3 is 20.2 Å². The van der Waals surface area contributed by atoms with Crippen LogP contribution in [0.15, 0.2) is 62.6 Å². The highest BCUT2D eigenvalue weighted by Gasteiger charge is 2.34. The maximum atomic E-state index is 14.9. The highest BCUT2D eigenvalue weighted by molar-refractivity contribution is 6.07. The van der Waals surface area contributed by atoms with Crippen molar-refractivity contribution in [3.05, 3.63) is 115 Å². The topological polar surface area (TPSA) is 157 Å². The minimum Gasteiger partial charge on any atom is -0.323 e. The van der Waals surface area contributed by atoms with Crippen LogP contribution in [0.1, 0.15) is 50.0 Å². The lowest BCUT2D eigenvalue weighted by Gasteiger charge is -2.32. The molecule has 0 fully saturated rings. The molecule has 5 rings (SSSR count). The van der Waals surface area contributed by atoms with Gasteiger partial charge in [0, 0.05) is 18.7 Å². The number of rotatable bonds is 8. The van der Waals surface area contributed by atoms with Gasteiger partial charge in [-0.2, -0.15) is 0 Å². The van der Waals surface area contributed by atoms with E-state index in [0.29, 0.717) is 16.8 Å². The number of anilines is 1. The molecule has 5 aromatic rings. The monoisotopic (exact) mass is 572 g/mol. The van der Waals surface area contributed by atoms with Crippen LogP contribution in [0, 0.1) is 33.5 Å². The number of benzene rings is 3. The molecule has 12 heteroatoms. The Morgan fingerprint density at radius 2 is 1.71 bits per heavy atom. The quantitative estimate of drug-likeness (QED) is 0.220. The van der Waals surface area contributed by atoms with Crippen LogP contribution in [0.4, 0.5) is 10.1 Å². The molecular weight excluding hydrogens is 543 g/mol. The van der Waals surface area contributed by atoms with Gasteiger partial charge in [0.2, 0.25) is 0 Å².